The summed E-state index contributed by atoms with van der Waals surface area (Å²) in [5, 5.41) is 0. The number of hydrogen-bond donors (Lipinski definition) is 0. The Bertz CT molecular complexity index is 478. The molecule has 2 heterocycles. The van der Waals surface area contributed by atoms with Gasteiger partial charge in [0.15, 0.2) is 5.76 Å². The molecule has 1 aromatic carbocycles. The second kappa shape index (κ2) is 4.45. The number of benzene rings is 1. The number of ketones is 1. The van der Waals surface area contributed by atoms with Crippen LogP contribution in [0.2, 0.25) is 0 Å². The summed E-state index contributed by atoms with van der Waals surface area (Å²) >= 11 is 1.95. The SMILES string of the molecule is O=C1/C(=C/N2CCSCC2)Oc2ccccc21. The van der Waals surface area contributed by atoms with Gasteiger partial charge in [-0.15, -0.1) is 0 Å². The minimum atomic E-state index is -0.00109. The van der Waals surface area contributed by atoms with Crippen molar-refractivity contribution in [1.29, 1.82) is 0 Å². The number of Topliss-reactive ketones (excluding diaryl/α,β-unsaturated/α-hetero) is 1. The van der Waals surface area contributed by atoms with Crippen LogP contribution >= 0.6 is 11.8 Å². The molecule has 2 aliphatic heterocycles. The molecule has 0 aromatic heterocycles. The number of allylic oxidation sites excluding steroid dienone is 1. The van der Waals surface area contributed by atoms with Gasteiger partial charge >= 0.3 is 0 Å². The molecule has 0 aliphatic carbocycles. The van der Waals surface area contributed by atoms with Gasteiger partial charge in [0.25, 0.3) is 0 Å². The van der Waals surface area contributed by atoms with E-state index in [4.69, 9.17) is 4.74 Å². The van der Waals surface area contributed by atoms with Gasteiger partial charge in [0, 0.05) is 30.8 Å². The van der Waals surface area contributed by atoms with Crippen LogP contribution in [0.3, 0.4) is 0 Å². The van der Waals surface area contributed by atoms with E-state index in [2.05, 4.69) is 4.90 Å². The maximum absolute atomic E-state index is 12.0. The van der Waals surface area contributed by atoms with Gasteiger partial charge in [-0.25, -0.2) is 0 Å². The van der Waals surface area contributed by atoms with E-state index < -0.39 is 0 Å². The minimum Gasteiger partial charge on any atom is -0.451 e. The Labute approximate surface area is 104 Å². The molecule has 0 unspecified atom stereocenters. The maximum Gasteiger partial charge on any atom is 0.233 e. The number of hydrogen-bond acceptors (Lipinski definition) is 4. The lowest BCUT2D eigenvalue weighted by molar-refractivity contribution is 0.101. The Hall–Kier alpha value is -1.42. The topological polar surface area (TPSA) is 29.5 Å². The van der Waals surface area contributed by atoms with E-state index >= 15 is 0 Å². The molecule has 0 spiro atoms. The number of ether oxygens (including phenoxy) is 1. The summed E-state index contributed by atoms with van der Waals surface area (Å²) in [5.74, 6) is 3.36. The normalized spacial score (nSPS) is 21.5. The van der Waals surface area contributed by atoms with Crippen LogP contribution in [0, 0.1) is 0 Å². The second-order valence-electron chi connectivity index (χ2n) is 4.07. The minimum absolute atomic E-state index is 0.00109. The van der Waals surface area contributed by atoms with Crippen molar-refractivity contribution in [2.75, 3.05) is 24.6 Å². The van der Waals surface area contributed by atoms with Crippen LogP contribution < -0.4 is 4.74 Å². The molecule has 3 rings (SSSR count). The van der Waals surface area contributed by atoms with Crippen molar-refractivity contribution in [3.63, 3.8) is 0 Å². The highest BCUT2D eigenvalue weighted by Crippen LogP contribution is 2.30. The average molecular weight is 247 g/mol. The lowest BCUT2D eigenvalue weighted by Gasteiger charge is -2.24. The van der Waals surface area contributed by atoms with Crippen molar-refractivity contribution in [3.05, 3.63) is 41.8 Å². The van der Waals surface area contributed by atoms with Crippen LogP contribution in [0.15, 0.2) is 36.2 Å². The zero-order chi connectivity index (χ0) is 11.7. The van der Waals surface area contributed by atoms with E-state index in [1.807, 2.05) is 42.2 Å². The number of thioether (sulfide) groups is 1. The zero-order valence-electron chi connectivity index (χ0n) is 9.39. The first-order chi connectivity index (χ1) is 8.34. The molecular weight excluding hydrogens is 234 g/mol. The maximum atomic E-state index is 12.0. The Morgan fingerprint density at radius 3 is 2.76 bits per heavy atom. The summed E-state index contributed by atoms with van der Waals surface area (Å²) in [5.41, 5.74) is 0.671. The van der Waals surface area contributed by atoms with Gasteiger partial charge in [-0.1, -0.05) is 12.1 Å². The van der Waals surface area contributed by atoms with Gasteiger partial charge in [-0.3, -0.25) is 4.79 Å². The van der Waals surface area contributed by atoms with Crippen molar-refractivity contribution in [1.82, 2.24) is 4.90 Å². The predicted octanol–water partition coefficient (Wildman–Crippen LogP) is 2.15. The van der Waals surface area contributed by atoms with Crippen LogP contribution in [0.4, 0.5) is 0 Å². The first-order valence-corrected chi connectivity index (χ1v) is 6.85. The van der Waals surface area contributed by atoms with E-state index in [0.29, 0.717) is 17.1 Å². The fourth-order valence-electron chi connectivity index (χ4n) is 2.00. The molecule has 0 bridgehead atoms. The molecule has 17 heavy (non-hydrogen) atoms. The number of carbonyl (C=O) groups excluding carboxylic acids is 1. The Morgan fingerprint density at radius 2 is 2.00 bits per heavy atom. The van der Waals surface area contributed by atoms with Gasteiger partial charge in [0.2, 0.25) is 5.78 Å². The number of fused-ring (bicyclic) bond motifs is 1. The molecule has 1 aromatic rings. The highest BCUT2D eigenvalue weighted by atomic mass is 32.2. The average Bonchev–Trinajstić information content (AvgIpc) is 2.68. The van der Waals surface area contributed by atoms with Crippen LogP contribution in [0.1, 0.15) is 10.4 Å². The van der Waals surface area contributed by atoms with E-state index in [9.17, 15) is 4.79 Å². The highest BCUT2D eigenvalue weighted by molar-refractivity contribution is 7.99. The third-order valence-electron chi connectivity index (χ3n) is 2.92. The Balaban J connectivity index is 1.83. The highest BCUT2D eigenvalue weighted by Gasteiger charge is 2.27. The molecule has 0 radical (unpaired) electrons. The molecular formula is C13H13NO2S. The van der Waals surface area contributed by atoms with Crippen LogP contribution in [-0.4, -0.2) is 35.3 Å². The lowest BCUT2D eigenvalue weighted by atomic mass is 10.1. The molecule has 3 nitrogen and oxygen atoms in total. The summed E-state index contributed by atoms with van der Waals surface area (Å²) in [7, 11) is 0. The van der Waals surface area contributed by atoms with E-state index in [-0.39, 0.29) is 5.78 Å². The van der Waals surface area contributed by atoms with Crippen molar-refractivity contribution in [2.45, 2.75) is 0 Å². The predicted molar refractivity (Wildman–Crippen MR) is 68.4 cm³/mol. The van der Waals surface area contributed by atoms with Crippen LogP contribution in [0.5, 0.6) is 5.75 Å². The number of para-hydroxylation sites is 1. The number of nitrogens with zero attached hydrogens (tertiary/aromatic N) is 1. The summed E-state index contributed by atoms with van der Waals surface area (Å²) in [4.78, 5) is 14.2. The lowest BCUT2D eigenvalue weighted by Crippen LogP contribution is -2.28. The smallest absolute Gasteiger partial charge is 0.233 e. The molecule has 1 saturated heterocycles. The van der Waals surface area contributed by atoms with Crippen LogP contribution in [-0.2, 0) is 0 Å². The molecule has 0 amide bonds. The fourth-order valence-corrected chi connectivity index (χ4v) is 2.93. The van der Waals surface area contributed by atoms with Crippen molar-refractivity contribution < 1.29 is 9.53 Å². The third-order valence-corrected chi connectivity index (χ3v) is 3.86. The van der Waals surface area contributed by atoms with Crippen LogP contribution in [0.25, 0.3) is 0 Å². The zero-order valence-corrected chi connectivity index (χ0v) is 10.2. The fraction of sp³-hybridized carbons (Fsp3) is 0.308. The second-order valence-corrected chi connectivity index (χ2v) is 5.29. The summed E-state index contributed by atoms with van der Waals surface area (Å²) in [6, 6.07) is 7.39. The molecule has 4 heteroatoms. The van der Waals surface area contributed by atoms with Gasteiger partial charge in [-0.05, 0) is 12.1 Å². The quantitative estimate of drug-likeness (QED) is 0.711. The third kappa shape index (κ3) is 2.05. The van der Waals surface area contributed by atoms with Gasteiger partial charge in [0.1, 0.15) is 5.75 Å². The Kier molecular flexibility index (Phi) is 2.81. The molecule has 88 valence electrons. The van der Waals surface area contributed by atoms with E-state index in [1.54, 1.807) is 0 Å². The molecule has 2 aliphatic rings. The summed E-state index contributed by atoms with van der Waals surface area (Å²) in [6.45, 7) is 1.97. The molecule has 0 N–H and O–H groups in total. The summed E-state index contributed by atoms with van der Waals surface area (Å²) < 4.78 is 5.59. The van der Waals surface area contributed by atoms with Crippen molar-refractivity contribution >= 4 is 17.5 Å². The van der Waals surface area contributed by atoms with Gasteiger partial charge < -0.3 is 9.64 Å². The molecule has 1 fully saturated rings. The first kappa shape index (κ1) is 10.7. The largest absolute Gasteiger partial charge is 0.451 e. The van der Waals surface area contributed by atoms with E-state index in [1.165, 1.54) is 0 Å². The van der Waals surface area contributed by atoms with Crippen molar-refractivity contribution in [3.8, 4) is 5.75 Å². The van der Waals surface area contributed by atoms with E-state index in [0.717, 1.165) is 24.6 Å². The van der Waals surface area contributed by atoms with Gasteiger partial charge in [0.05, 0.1) is 5.56 Å². The Morgan fingerprint density at radius 1 is 1.24 bits per heavy atom. The van der Waals surface area contributed by atoms with Crippen molar-refractivity contribution in [2.24, 2.45) is 0 Å². The first-order valence-electron chi connectivity index (χ1n) is 5.70. The standard InChI is InChI=1S/C13H13NO2S/c15-13-10-3-1-2-4-11(10)16-12(13)9-14-5-7-17-8-6-14/h1-4,9H,5-8H2/b12-9-. The molecule has 0 saturated carbocycles. The van der Waals surface area contributed by atoms with Gasteiger partial charge in [-0.2, -0.15) is 11.8 Å². The summed E-state index contributed by atoms with van der Waals surface area (Å²) in [6.07, 6.45) is 1.86. The number of rotatable bonds is 1. The number of carbonyl (C=O) groups is 1. The monoisotopic (exact) mass is 247 g/mol. The molecule has 0 atom stereocenters.